The second-order valence-electron chi connectivity index (χ2n) is 17.8. The molecule has 0 atom stereocenters. The largest absolute Gasteiger partial charge is 2.00 e. The molecule has 12 aromatic rings. The molecule has 499 valence electrons. The Morgan fingerprint density at radius 3 is 1.18 bits per heavy atom. The first-order chi connectivity index (χ1) is 44.9. The van der Waals surface area contributed by atoms with Crippen LogP contribution in [0, 0.1) is 26.3 Å². The number of hydrogen-bond acceptors (Lipinski definition) is 20. The van der Waals surface area contributed by atoms with Crippen LogP contribution in [-0.4, -0.2) is 89.4 Å². The predicted octanol–water partition coefficient (Wildman–Crippen LogP) is 6.52. The zero-order valence-electron chi connectivity index (χ0n) is 52.1. The summed E-state index contributed by atoms with van der Waals surface area (Å²) in [6.07, 6.45) is 11.8. The molecule has 4 aromatic heterocycles. The summed E-state index contributed by atoms with van der Waals surface area (Å²) in [5, 5.41) is 50.2. The van der Waals surface area contributed by atoms with Gasteiger partial charge in [0.2, 0.25) is 0 Å². The van der Waals surface area contributed by atoms with Crippen molar-refractivity contribution < 1.29 is 216 Å². The van der Waals surface area contributed by atoms with Gasteiger partial charge in [-0.15, -0.1) is 11.4 Å². The molecule has 0 aliphatic rings. The molecular weight excluding hydrogens is 1540 g/mol. The number of nitrogens with zero attached hydrogens (tertiary/aromatic N) is 8. The van der Waals surface area contributed by atoms with Crippen molar-refractivity contribution in [3.8, 4) is 5.75 Å². The van der Waals surface area contributed by atoms with Gasteiger partial charge in [-0.2, -0.15) is 30.3 Å². The quantitative estimate of drug-likeness (QED) is 0.0236. The SMILES string of the molecule is C.CC(=O)O.O=CO[O-].O=Cc1cc[c-]cc1.O=Cc1ccc(O[B]O)cc1.O=[N+]([O-])c1ccc(S(=O)(=O)[N-]c2cccc3ccc4cccnc4c23)cc1.O=[N+]([O-])c1ccc(S(=O)(=O)[N-]c2cccc3ccc4cccnc4c23)cc1.[H-].[K+].[K+].[Pd+2].[Pd].c1ccncc1.c1ccncc1. The van der Waals surface area contributed by atoms with Crippen LogP contribution in [0.2, 0.25) is 0 Å². The van der Waals surface area contributed by atoms with Crippen LogP contribution in [0.1, 0.15) is 36.5 Å². The summed E-state index contributed by atoms with van der Waals surface area (Å²) >= 11 is 0. The zero-order valence-corrected chi connectivity index (χ0v) is 62.1. The molecule has 25 nitrogen and oxygen atoms in total. The Labute approximate surface area is 678 Å². The molecule has 0 saturated heterocycles. The van der Waals surface area contributed by atoms with Gasteiger partial charge < -0.3 is 40.6 Å². The Hall–Kier alpha value is -7.64. The molecule has 0 unspecified atom stereocenters. The molecular formula is C66H55BK2N8O17Pd2S2-. The van der Waals surface area contributed by atoms with Gasteiger partial charge in [0.05, 0.1) is 30.7 Å². The van der Waals surface area contributed by atoms with E-state index in [1.807, 2.05) is 97.1 Å². The fourth-order valence-electron chi connectivity index (χ4n) is 7.58. The number of carbonyl (C=O) groups is 4. The van der Waals surface area contributed by atoms with Crippen molar-refractivity contribution >= 4 is 119 Å². The third-order valence-corrected chi connectivity index (χ3v) is 14.2. The Bertz CT molecular complexity index is 4340. The van der Waals surface area contributed by atoms with E-state index < -0.39 is 35.9 Å². The molecule has 0 bridgehead atoms. The monoisotopic (exact) mass is 1600 g/mol. The molecule has 0 aliphatic heterocycles. The Morgan fingerprint density at radius 1 is 0.541 bits per heavy atom. The topological polar surface area (TPSA) is 385 Å². The first-order valence-corrected chi connectivity index (χ1v) is 29.4. The number of sulfonamides is 2. The number of carboxylic acids is 1. The van der Waals surface area contributed by atoms with Gasteiger partial charge in [0, 0.05) is 105 Å². The summed E-state index contributed by atoms with van der Waals surface area (Å²) in [6, 6.07) is 62.2. The van der Waals surface area contributed by atoms with E-state index in [0.29, 0.717) is 46.4 Å². The number of fused-ring (bicyclic) bond motifs is 6. The maximum absolute atomic E-state index is 12.7. The number of nitro groups is 2. The third-order valence-electron chi connectivity index (χ3n) is 11.6. The molecule has 2 N–H and O–H groups in total. The van der Waals surface area contributed by atoms with Gasteiger partial charge in [-0.25, -0.2) is 16.8 Å². The van der Waals surface area contributed by atoms with Gasteiger partial charge >= 0.3 is 131 Å². The number of carboxylic acid groups (broad SMARTS) is 1. The molecule has 0 amide bonds. The molecule has 98 heavy (non-hydrogen) atoms. The van der Waals surface area contributed by atoms with E-state index in [1.54, 1.807) is 110 Å². The minimum atomic E-state index is -4.04. The molecule has 0 saturated carbocycles. The van der Waals surface area contributed by atoms with Crippen LogP contribution in [0.25, 0.3) is 52.8 Å². The number of aldehydes is 2. The van der Waals surface area contributed by atoms with Crippen molar-refractivity contribution in [3.63, 3.8) is 0 Å². The van der Waals surface area contributed by atoms with Crippen molar-refractivity contribution in [3.05, 3.63) is 302 Å². The Kier molecular flexibility index (Phi) is 45.2. The van der Waals surface area contributed by atoms with E-state index in [4.69, 9.17) is 25.0 Å². The maximum atomic E-state index is 12.7. The first kappa shape index (κ1) is 90.4. The molecule has 0 fully saturated rings. The number of hydrogen-bond donors (Lipinski definition) is 2. The average Bonchev–Trinajstić information content (AvgIpc) is 0.778. The molecule has 8 aromatic carbocycles. The van der Waals surface area contributed by atoms with Gasteiger partial charge in [-0.1, -0.05) is 97.9 Å². The van der Waals surface area contributed by atoms with Crippen LogP contribution in [-0.2, 0) is 75.4 Å². The van der Waals surface area contributed by atoms with E-state index in [-0.39, 0.29) is 191 Å². The standard InChI is InChI=1S/2C19H12N3O4S.C7H6BO3.C7H5O.2C5H5N.C2H4O2.CH2O3.CH4.2K.2Pd.H/c2*23-22(24)15-8-10-16(11-9-15)27(25,26)21-17-5-1-3-13-6-7-14-4-2-12-20-19(14)18(13)17;9-5-6-1-3-7(4-2-6)11-8-10;8-6-7-4-2-1-3-5-7;2*1-2-4-6-5-3-1;1-2(3)4;2-1-4-3;;;;;;/h2*1-12H;1-5,10H;2-6H;2*1-5H;1H3,(H,3,4);1,3H;1H4;;;;;/q2*-1;;-1;;;;;;2*+1;;+2;-1/p-1. The van der Waals surface area contributed by atoms with E-state index in [0.717, 1.165) is 65.3 Å². The van der Waals surface area contributed by atoms with Gasteiger partial charge in [0.25, 0.3) is 23.8 Å². The Balaban J connectivity index is 0. The number of pyridine rings is 4. The van der Waals surface area contributed by atoms with Crippen LogP contribution < -0.4 is 113 Å². The van der Waals surface area contributed by atoms with Crippen LogP contribution >= 0.6 is 0 Å². The number of nitro benzene ring substituents is 2. The maximum Gasteiger partial charge on any atom is 2.00 e. The second-order valence-corrected chi connectivity index (χ2v) is 21.0. The van der Waals surface area contributed by atoms with Crippen LogP contribution in [0.15, 0.2) is 265 Å². The smallest absolute Gasteiger partial charge is 1.00 e. The molecule has 4 heterocycles. The van der Waals surface area contributed by atoms with Gasteiger partial charge in [0.1, 0.15) is 38.4 Å². The molecule has 0 spiro atoms. The second kappa shape index (κ2) is 49.0. The first-order valence-electron chi connectivity index (χ1n) is 26.5. The van der Waals surface area contributed by atoms with E-state index in [9.17, 15) is 46.7 Å². The average molecular weight is 1600 g/mol. The summed E-state index contributed by atoms with van der Waals surface area (Å²) in [5.41, 5.74) is 2.77. The van der Waals surface area contributed by atoms with Gasteiger partial charge in [0.15, 0.2) is 0 Å². The number of carbonyl (C=O) groups excluding carboxylic acids is 3. The molecule has 1 radical (unpaired) electrons. The van der Waals surface area contributed by atoms with Gasteiger partial charge in [-0.05, 0) is 106 Å². The number of rotatable bonds is 13. The normalized spacial score (nSPS) is 9.50. The molecule has 32 heteroatoms. The van der Waals surface area contributed by atoms with Gasteiger partial charge in [-0.3, -0.25) is 54.5 Å². The van der Waals surface area contributed by atoms with Crippen LogP contribution in [0.4, 0.5) is 22.7 Å². The summed E-state index contributed by atoms with van der Waals surface area (Å²) in [5.74, 6) is -0.335. The van der Waals surface area contributed by atoms with Crippen molar-refractivity contribution in [2.45, 2.75) is 24.1 Å². The molecule has 12 rings (SSSR count). The summed E-state index contributed by atoms with van der Waals surface area (Å²) in [7, 11) is -7.49. The number of aliphatic carboxylic acids is 1. The predicted molar refractivity (Wildman–Crippen MR) is 353 cm³/mol. The Morgan fingerprint density at radius 2 is 0.888 bits per heavy atom. The number of aromatic nitrogens is 4. The van der Waals surface area contributed by atoms with Crippen molar-refractivity contribution in [1.29, 1.82) is 0 Å². The minimum absolute atomic E-state index is 0. The summed E-state index contributed by atoms with van der Waals surface area (Å²) < 4.78 is 63.4. The van der Waals surface area contributed by atoms with Crippen molar-refractivity contribution in [2.24, 2.45) is 0 Å². The third kappa shape index (κ3) is 30.6. The van der Waals surface area contributed by atoms with Crippen LogP contribution in [0.3, 0.4) is 0 Å². The number of non-ortho nitro benzene ring substituents is 2. The van der Waals surface area contributed by atoms with E-state index >= 15 is 0 Å². The van der Waals surface area contributed by atoms with E-state index in [1.165, 1.54) is 24.3 Å². The minimum Gasteiger partial charge on any atom is -1.00 e. The van der Waals surface area contributed by atoms with Crippen molar-refractivity contribution in [2.75, 3.05) is 0 Å². The van der Waals surface area contributed by atoms with Crippen LogP contribution in [0.5, 0.6) is 5.75 Å². The summed E-state index contributed by atoms with van der Waals surface area (Å²) in [4.78, 5) is 76.8. The summed E-state index contributed by atoms with van der Waals surface area (Å²) in [6.45, 7) is 0.903. The van der Waals surface area contributed by atoms with Crippen molar-refractivity contribution in [1.82, 2.24) is 19.9 Å². The molecule has 0 aliphatic carbocycles. The van der Waals surface area contributed by atoms with E-state index in [2.05, 4.69) is 45.0 Å². The zero-order chi connectivity index (χ0) is 67.4. The fourth-order valence-corrected chi connectivity index (χ4v) is 9.57. The number of benzene rings is 8. The fraction of sp³-hybridized carbons (Fsp3) is 0.0303.